The van der Waals surface area contributed by atoms with Gasteiger partial charge in [0.15, 0.2) is 16.5 Å². The molecule has 6 nitrogen and oxygen atoms in total. The molecule has 0 bridgehead atoms. The van der Waals surface area contributed by atoms with Crippen LogP contribution in [-0.2, 0) is 11.2 Å². The number of aryl methyl sites for hydroxylation is 1. The van der Waals surface area contributed by atoms with E-state index in [2.05, 4.69) is 21.2 Å². The summed E-state index contributed by atoms with van der Waals surface area (Å²) in [5.41, 5.74) is 2.07. The minimum Gasteiger partial charge on any atom is -0.493 e. The number of amides is 1. The van der Waals surface area contributed by atoms with E-state index >= 15 is 0 Å². The van der Waals surface area contributed by atoms with Crippen LogP contribution in [0.15, 0.2) is 33.4 Å². The van der Waals surface area contributed by atoms with Crippen molar-refractivity contribution in [3.8, 4) is 5.75 Å². The number of aliphatic carboxylic acids is 1. The van der Waals surface area contributed by atoms with Crippen molar-refractivity contribution in [3.63, 3.8) is 0 Å². The topological polar surface area (TPSA) is 88.8 Å². The highest BCUT2D eigenvalue weighted by atomic mass is 79.9. The molecule has 1 aliphatic heterocycles. The highest BCUT2D eigenvalue weighted by Gasteiger charge is 2.26. The van der Waals surface area contributed by atoms with Crippen LogP contribution >= 0.6 is 15.9 Å². The van der Waals surface area contributed by atoms with Crippen molar-refractivity contribution in [1.82, 2.24) is 5.32 Å². The number of hydrogen-bond acceptors (Lipinski definition) is 4. The van der Waals surface area contributed by atoms with Gasteiger partial charge in [0.1, 0.15) is 5.75 Å². The lowest BCUT2D eigenvalue weighted by molar-refractivity contribution is -0.139. The summed E-state index contributed by atoms with van der Waals surface area (Å²) in [6.07, 6.45) is 0.730. The van der Waals surface area contributed by atoms with E-state index in [1.807, 2.05) is 0 Å². The molecule has 2 aromatic rings. The maximum Gasteiger partial charge on any atom is 0.330 e. The molecule has 1 amide bonds. The largest absolute Gasteiger partial charge is 0.493 e. The Labute approximate surface area is 140 Å². The Morgan fingerprint density at radius 1 is 1.35 bits per heavy atom. The SMILES string of the molecule is Cc1cc(Br)oc1C(=O)NC(C(=O)O)c1ccc2c(c1)CCO2. The van der Waals surface area contributed by atoms with E-state index < -0.39 is 17.9 Å². The number of carbonyl (C=O) groups is 2. The molecule has 2 heterocycles. The predicted molar refractivity (Wildman–Crippen MR) is 84.6 cm³/mol. The van der Waals surface area contributed by atoms with Crippen molar-refractivity contribution in [2.24, 2.45) is 0 Å². The van der Waals surface area contributed by atoms with Gasteiger partial charge in [0.05, 0.1) is 6.61 Å². The Hall–Kier alpha value is -2.28. The number of nitrogens with one attached hydrogen (secondary N) is 1. The summed E-state index contributed by atoms with van der Waals surface area (Å²) >= 11 is 3.15. The second-order valence-electron chi connectivity index (χ2n) is 5.27. The quantitative estimate of drug-likeness (QED) is 0.852. The maximum absolute atomic E-state index is 12.3. The van der Waals surface area contributed by atoms with Gasteiger partial charge in [0.2, 0.25) is 0 Å². The number of carbonyl (C=O) groups excluding carboxylic acids is 1. The zero-order valence-corrected chi connectivity index (χ0v) is 13.8. The van der Waals surface area contributed by atoms with E-state index in [4.69, 9.17) is 9.15 Å². The van der Waals surface area contributed by atoms with Gasteiger partial charge < -0.3 is 19.6 Å². The standard InChI is InChI=1S/C16H14BrNO5/c1-8-6-12(17)23-14(8)15(19)18-13(16(20)21)10-2-3-11-9(7-10)4-5-22-11/h2-3,6-7,13H,4-5H2,1H3,(H,18,19)(H,20,21). The van der Waals surface area contributed by atoms with Gasteiger partial charge >= 0.3 is 5.97 Å². The van der Waals surface area contributed by atoms with Crippen LogP contribution in [0.4, 0.5) is 0 Å². The number of carboxylic acid groups (broad SMARTS) is 1. The minimum absolute atomic E-state index is 0.0904. The molecule has 0 saturated heterocycles. The molecule has 2 N–H and O–H groups in total. The van der Waals surface area contributed by atoms with Crippen molar-refractivity contribution in [3.05, 3.63) is 51.4 Å². The average molecular weight is 380 g/mol. The highest BCUT2D eigenvalue weighted by Crippen LogP contribution is 2.28. The first-order chi connectivity index (χ1) is 11.0. The number of carboxylic acids is 1. The predicted octanol–water partition coefficient (Wildman–Crippen LogP) is 2.84. The van der Waals surface area contributed by atoms with Crippen LogP contribution in [0.2, 0.25) is 0 Å². The number of rotatable bonds is 4. The van der Waals surface area contributed by atoms with E-state index in [9.17, 15) is 14.7 Å². The molecular formula is C16H14BrNO5. The Bertz CT molecular complexity index is 783. The molecule has 1 aromatic heterocycles. The van der Waals surface area contributed by atoms with Gasteiger partial charge in [-0.2, -0.15) is 0 Å². The molecule has 23 heavy (non-hydrogen) atoms. The maximum atomic E-state index is 12.3. The number of benzene rings is 1. The van der Waals surface area contributed by atoms with Gasteiger partial charge in [0, 0.05) is 12.0 Å². The Morgan fingerprint density at radius 2 is 2.13 bits per heavy atom. The number of furan rings is 1. The Morgan fingerprint density at radius 3 is 2.78 bits per heavy atom. The number of halogens is 1. The monoisotopic (exact) mass is 379 g/mol. The van der Waals surface area contributed by atoms with Gasteiger partial charge in [0.25, 0.3) is 5.91 Å². The molecule has 0 radical (unpaired) electrons. The van der Waals surface area contributed by atoms with Crippen molar-refractivity contribution < 1.29 is 23.8 Å². The third-order valence-corrected chi connectivity index (χ3v) is 4.05. The zero-order valence-electron chi connectivity index (χ0n) is 12.3. The lowest BCUT2D eigenvalue weighted by Crippen LogP contribution is -2.33. The van der Waals surface area contributed by atoms with Crippen molar-refractivity contribution in [2.45, 2.75) is 19.4 Å². The summed E-state index contributed by atoms with van der Waals surface area (Å²) < 4.78 is 11.1. The van der Waals surface area contributed by atoms with E-state index in [0.29, 0.717) is 22.4 Å². The summed E-state index contributed by atoms with van der Waals surface area (Å²) in [4.78, 5) is 23.9. The fourth-order valence-electron chi connectivity index (χ4n) is 2.54. The lowest BCUT2D eigenvalue weighted by atomic mass is 10.0. The van der Waals surface area contributed by atoms with E-state index in [-0.39, 0.29) is 5.76 Å². The molecule has 0 saturated carbocycles. The van der Waals surface area contributed by atoms with Crippen molar-refractivity contribution in [2.75, 3.05) is 6.61 Å². The average Bonchev–Trinajstić information content (AvgIpc) is 3.09. The van der Waals surface area contributed by atoms with Gasteiger partial charge in [-0.25, -0.2) is 4.79 Å². The fraction of sp³-hybridized carbons (Fsp3) is 0.250. The smallest absolute Gasteiger partial charge is 0.330 e. The number of hydrogen-bond donors (Lipinski definition) is 2. The molecule has 1 unspecified atom stereocenters. The van der Waals surface area contributed by atoms with Crippen molar-refractivity contribution in [1.29, 1.82) is 0 Å². The molecule has 7 heteroatoms. The van der Waals surface area contributed by atoms with Gasteiger partial charge in [-0.05, 0) is 52.2 Å². The lowest BCUT2D eigenvalue weighted by Gasteiger charge is -2.15. The van der Waals surface area contributed by atoms with Crippen LogP contribution in [0, 0.1) is 6.92 Å². The molecule has 1 atom stereocenters. The molecule has 1 aromatic carbocycles. The second kappa shape index (κ2) is 6.08. The normalized spacial score (nSPS) is 14.0. The fourth-order valence-corrected chi connectivity index (χ4v) is 3.04. The Balaban J connectivity index is 1.86. The molecule has 0 aliphatic carbocycles. The third kappa shape index (κ3) is 3.10. The first-order valence-electron chi connectivity index (χ1n) is 7.01. The van der Waals surface area contributed by atoms with Crippen LogP contribution in [0.3, 0.4) is 0 Å². The Kier molecular flexibility index (Phi) is 4.12. The zero-order chi connectivity index (χ0) is 16.6. The molecule has 0 fully saturated rings. The summed E-state index contributed by atoms with van der Waals surface area (Å²) in [5, 5.41) is 12.0. The van der Waals surface area contributed by atoms with Crippen molar-refractivity contribution >= 4 is 27.8 Å². The first kappa shape index (κ1) is 15.6. The second-order valence-corrected chi connectivity index (χ2v) is 6.05. The van der Waals surface area contributed by atoms with Crippen LogP contribution < -0.4 is 10.1 Å². The summed E-state index contributed by atoms with van der Waals surface area (Å²) in [5.74, 6) is -0.861. The summed E-state index contributed by atoms with van der Waals surface area (Å²) in [6, 6.07) is 5.63. The molecular weight excluding hydrogens is 366 g/mol. The van der Waals surface area contributed by atoms with Crippen LogP contribution in [0.25, 0.3) is 0 Å². The van der Waals surface area contributed by atoms with Crippen LogP contribution in [0.1, 0.15) is 33.3 Å². The van der Waals surface area contributed by atoms with Crippen LogP contribution in [0.5, 0.6) is 5.75 Å². The highest BCUT2D eigenvalue weighted by molar-refractivity contribution is 9.10. The number of fused-ring (bicyclic) bond motifs is 1. The molecule has 120 valence electrons. The van der Waals surface area contributed by atoms with Gasteiger partial charge in [-0.1, -0.05) is 6.07 Å². The first-order valence-corrected chi connectivity index (χ1v) is 7.80. The van der Waals surface area contributed by atoms with Gasteiger partial charge in [-0.15, -0.1) is 0 Å². The summed E-state index contributed by atoms with van der Waals surface area (Å²) in [6.45, 7) is 2.30. The van der Waals surface area contributed by atoms with Crippen LogP contribution in [-0.4, -0.2) is 23.6 Å². The minimum atomic E-state index is -1.16. The molecule has 0 spiro atoms. The molecule has 1 aliphatic rings. The van der Waals surface area contributed by atoms with E-state index in [0.717, 1.165) is 17.7 Å². The van der Waals surface area contributed by atoms with Gasteiger partial charge in [-0.3, -0.25) is 4.79 Å². The molecule has 3 rings (SSSR count). The third-order valence-electron chi connectivity index (χ3n) is 3.66. The van der Waals surface area contributed by atoms with E-state index in [1.165, 1.54) is 0 Å². The van der Waals surface area contributed by atoms with E-state index in [1.54, 1.807) is 31.2 Å². The summed E-state index contributed by atoms with van der Waals surface area (Å²) in [7, 11) is 0. The number of ether oxygens (including phenoxy) is 1.